The van der Waals surface area contributed by atoms with Gasteiger partial charge in [0, 0.05) is 18.6 Å². The topological polar surface area (TPSA) is 29.3 Å². The minimum Gasteiger partial charge on any atom is -0.326 e. The molecule has 0 bridgehead atoms. The van der Waals surface area contributed by atoms with Crippen LogP contribution in [0.15, 0.2) is 24.3 Å². The number of benzene rings is 1. The zero-order valence-corrected chi connectivity index (χ0v) is 12.6. The van der Waals surface area contributed by atoms with Crippen LogP contribution in [0.25, 0.3) is 0 Å². The van der Waals surface area contributed by atoms with Crippen LogP contribution in [0.3, 0.4) is 0 Å². The monoisotopic (exact) mass is 260 g/mol. The Bertz CT molecular complexity index is 383. The van der Waals surface area contributed by atoms with Gasteiger partial charge in [-0.1, -0.05) is 50.1 Å². The second kappa shape index (κ2) is 6.53. The molecule has 0 aliphatic carbocycles. The van der Waals surface area contributed by atoms with Gasteiger partial charge in [-0.3, -0.25) is 4.90 Å². The fraction of sp³-hybridized carbons (Fsp3) is 0.647. The number of rotatable bonds is 3. The van der Waals surface area contributed by atoms with Crippen molar-refractivity contribution in [2.45, 2.75) is 52.1 Å². The minimum atomic E-state index is 0.268. The summed E-state index contributed by atoms with van der Waals surface area (Å²) in [6, 6.07) is 9.60. The van der Waals surface area contributed by atoms with Gasteiger partial charge in [0.1, 0.15) is 0 Å². The van der Waals surface area contributed by atoms with Gasteiger partial charge in [-0.05, 0) is 37.8 Å². The number of hydrogen-bond acceptors (Lipinski definition) is 2. The van der Waals surface area contributed by atoms with E-state index in [1.54, 1.807) is 0 Å². The molecule has 1 saturated heterocycles. The Morgan fingerprint density at radius 2 is 1.89 bits per heavy atom. The molecule has 0 aromatic heterocycles. The van der Waals surface area contributed by atoms with E-state index in [-0.39, 0.29) is 6.04 Å². The Labute approximate surface area is 118 Å². The Kier molecular flexibility index (Phi) is 5.00. The maximum Gasteiger partial charge on any atom is 0.0499 e. The molecule has 2 unspecified atom stereocenters. The molecule has 2 atom stereocenters. The van der Waals surface area contributed by atoms with Crippen LogP contribution in [0.4, 0.5) is 0 Å². The van der Waals surface area contributed by atoms with Crippen molar-refractivity contribution in [3.05, 3.63) is 35.4 Å². The van der Waals surface area contributed by atoms with Crippen molar-refractivity contribution in [3.8, 4) is 0 Å². The van der Waals surface area contributed by atoms with Crippen LogP contribution in [0.5, 0.6) is 0 Å². The third kappa shape index (κ3) is 3.80. The van der Waals surface area contributed by atoms with Crippen LogP contribution in [0, 0.1) is 12.8 Å². The van der Waals surface area contributed by atoms with Crippen LogP contribution >= 0.6 is 0 Å². The molecule has 0 amide bonds. The number of nitrogens with two attached hydrogens (primary N) is 1. The lowest BCUT2D eigenvalue weighted by atomic mass is 9.95. The van der Waals surface area contributed by atoms with Gasteiger partial charge in [-0.2, -0.15) is 0 Å². The summed E-state index contributed by atoms with van der Waals surface area (Å²) in [5, 5.41) is 0. The van der Waals surface area contributed by atoms with E-state index in [1.165, 1.54) is 30.5 Å². The predicted molar refractivity (Wildman–Crippen MR) is 82.2 cm³/mol. The first kappa shape index (κ1) is 14.5. The summed E-state index contributed by atoms with van der Waals surface area (Å²) in [4.78, 5) is 2.60. The molecule has 1 aliphatic rings. The van der Waals surface area contributed by atoms with Gasteiger partial charge in [0.15, 0.2) is 0 Å². The average molecular weight is 260 g/mol. The van der Waals surface area contributed by atoms with E-state index in [1.807, 2.05) is 0 Å². The second-order valence-corrected chi connectivity index (χ2v) is 6.40. The van der Waals surface area contributed by atoms with Crippen LogP contribution in [0.1, 0.15) is 50.3 Å². The van der Waals surface area contributed by atoms with Crippen LogP contribution in [-0.4, -0.2) is 24.0 Å². The van der Waals surface area contributed by atoms with E-state index in [0.29, 0.717) is 12.0 Å². The molecule has 1 fully saturated rings. The smallest absolute Gasteiger partial charge is 0.0499 e. The molecule has 2 nitrogen and oxygen atoms in total. The van der Waals surface area contributed by atoms with Gasteiger partial charge < -0.3 is 5.73 Å². The largest absolute Gasteiger partial charge is 0.326 e. The lowest BCUT2D eigenvalue weighted by molar-refractivity contribution is 0.165. The summed E-state index contributed by atoms with van der Waals surface area (Å²) in [5.41, 5.74) is 9.18. The molecule has 2 N–H and O–H groups in total. The Hall–Kier alpha value is -0.860. The van der Waals surface area contributed by atoms with Crippen LogP contribution in [0.2, 0.25) is 0 Å². The summed E-state index contributed by atoms with van der Waals surface area (Å²) < 4.78 is 0. The molecule has 0 radical (unpaired) electrons. The van der Waals surface area contributed by atoms with Crippen molar-refractivity contribution in [3.63, 3.8) is 0 Å². The molecule has 1 aliphatic heterocycles. The average Bonchev–Trinajstić information content (AvgIpc) is 2.52. The van der Waals surface area contributed by atoms with Crippen molar-refractivity contribution < 1.29 is 0 Å². The molecule has 2 rings (SSSR count). The number of hydrogen-bond donors (Lipinski definition) is 1. The first-order valence-electron chi connectivity index (χ1n) is 7.64. The summed E-state index contributed by atoms with van der Waals surface area (Å²) in [5.74, 6) is 0.693. The molecule has 1 aromatic carbocycles. The first-order chi connectivity index (χ1) is 9.08. The van der Waals surface area contributed by atoms with Crippen molar-refractivity contribution in [2.24, 2.45) is 11.7 Å². The van der Waals surface area contributed by atoms with Crippen molar-refractivity contribution in [1.29, 1.82) is 0 Å². The summed E-state index contributed by atoms with van der Waals surface area (Å²) in [6.07, 6.45) is 3.69. The van der Waals surface area contributed by atoms with Gasteiger partial charge in [0.25, 0.3) is 0 Å². The van der Waals surface area contributed by atoms with E-state index in [0.717, 1.165) is 13.0 Å². The van der Waals surface area contributed by atoms with Gasteiger partial charge in [0.05, 0.1) is 0 Å². The van der Waals surface area contributed by atoms with Gasteiger partial charge in [-0.25, -0.2) is 0 Å². The zero-order chi connectivity index (χ0) is 13.8. The summed E-state index contributed by atoms with van der Waals surface area (Å²) in [6.45, 7) is 9.06. The second-order valence-electron chi connectivity index (χ2n) is 6.40. The highest BCUT2D eigenvalue weighted by molar-refractivity contribution is 5.25. The summed E-state index contributed by atoms with van der Waals surface area (Å²) in [7, 11) is 0. The molecule has 2 heteroatoms. The van der Waals surface area contributed by atoms with E-state index in [9.17, 15) is 0 Å². The van der Waals surface area contributed by atoms with E-state index >= 15 is 0 Å². The van der Waals surface area contributed by atoms with Crippen molar-refractivity contribution in [1.82, 2.24) is 4.90 Å². The molecular formula is C17H28N2. The summed E-state index contributed by atoms with van der Waals surface area (Å²) >= 11 is 0. The van der Waals surface area contributed by atoms with Gasteiger partial charge in [0.2, 0.25) is 0 Å². The van der Waals surface area contributed by atoms with E-state index in [2.05, 4.69) is 49.9 Å². The lowest BCUT2D eigenvalue weighted by Crippen LogP contribution is -2.41. The highest BCUT2D eigenvalue weighted by atomic mass is 15.2. The van der Waals surface area contributed by atoms with Crippen molar-refractivity contribution >= 4 is 0 Å². The quantitative estimate of drug-likeness (QED) is 0.901. The van der Waals surface area contributed by atoms with Crippen LogP contribution < -0.4 is 5.73 Å². The Morgan fingerprint density at radius 1 is 1.21 bits per heavy atom. The highest BCUT2D eigenvalue weighted by Gasteiger charge is 2.28. The predicted octanol–water partition coefficient (Wildman–Crippen LogP) is 3.51. The fourth-order valence-corrected chi connectivity index (χ4v) is 3.16. The molecule has 19 heavy (non-hydrogen) atoms. The number of aryl methyl sites for hydroxylation is 1. The standard InChI is InChI=1S/C17H28N2/c1-13(2)12-19-11-5-4-6-16(18)17(19)15-9-7-14(3)8-10-15/h7-10,13,16-17H,4-6,11-12,18H2,1-3H3. The van der Waals surface area contributed by atoms with E-state index in [4.69, 9.17) is 5.73 Å². The number of nitrogens with zero attached hydrogens (tertiary/aromatic N) is 1. The normalized spacial score (nSPS) is 25.5. The van der Waals surface area contributed by atoms with E-state index < -0.39 is 0 Å². The van der Waals surface area contributed by atoms with Gasteiger partial charge in [-0.15, -0.1) is 0 Å². The maximum atomic E-state index is 6.47. The first-order valence-corrected chi connectivity index (χ1v) is 7.64. The maximum absolute atomic E-state index is 6.47. The van der Waals surface area contributed by atoms with Gasteiger partial charge >= 0.3 is 0 Å². The molecule has 0 saturated carbocycles. The number of likely N-dealkylation sites (tertiary alicyclic amines) is 1. The fourth-order valence-electron chi connectivity index (χ4n) is 3.16. The highest BCUT2D eigenvalue weighted by Crippen LogP contribution is 2.30. The van der Waals surface area contributed by atoms with Crippen LogP contribution in [-0.2, 0) is 0 Å². The third-order valence-electron chi connectivity index (χ3n) is 4.05. The molecule has 1 aromatic rings. The van der Waals surface area contributed by atoms with Crippen molar-refractivity contribution in [2.75, 3.05) is 13.1 Å². The molecule has 1 heterocycles. The molecule has 0 spiro atoms. The molecule has 106 valence electrons. The molecular weight excluding hydrogens is 232 g/mol. The zero-order valence-electron chi connectivity index (χ0n) is 12.6. The minimum absolute atomic E-state index is 0.268. The Morgan fingerprint density at radius 3 is 2.53 bits per heavy atom. The Balaban J connectivity index is 2.25. The SMILES string of the molecule is Cc1ccc(C2C(N)CCCCN2CC(C)C)cc1. The lowest BCUT2D eigenvalue weighted by Gasteiger charge is -2.35. The third-order valence-corrected chi connectivity index (χ3v) is 4.05.